The van der Waals surface area contributed by atoms with Gasteiger partial charge in [0.15, 0.2) is 6.61 Å². The van der Waals surface area contributed by atoms with Crippen LogP contribution in [0.25, 0.3) is 11.3 Å². The molecule has 0 bridgehead atoms. The number of ether oxygens (including phenoxy) is 1. The maximum absolute atomic E-state index is 11.8. The normalized spacial score (nSPS) is 10.3. The number of carbonyl (C=O) groups excluding carboxylic acids is 1. The summed E-state index contributed by atoms with van der Waals surface area (Å²) in [5.74, 6) is 0.555. The van der Waals surface area contributed by atoms with E-state index < -0.39 is 0 Å². The second-order valence-corrected chi connectivity index (χ2v) is 6.01. The van der Waals surface area contributed by atoms with Crippen molar-refractivity contribution in [3.05, 3.63) is 65.2 Å². The van der Waals surface area contributed by atoms with E-state index >= 15 is 0 Å². The van der Waals surface area contributed by atoms with Crippen molar-refractivity contribution in [2.45, 2.75) is 6.42 Å². The molecule has 0 unspecified atom stereocenters. The second-order valence-electron chi connectivity index (χ2n) is 5.06. The van der Waals surface area contributed by atoms with Gasteiger partial charge in [-0.25, -0.2) is 4.98 Å². The van der Waals surface area contributed by atoms with E-state index in [1.54, 1.807) is 23.7 Å². The van der Waals surface area contributed by atoms with Crippen LogP contribution in [0.4, 0.5) is 0 Å². The predicted octanol–water partition coefficient (Wildman–Crippen LogP) is 2.94. The minimum atomic E-state index is -0.134. The second kappa shape index (κ2) is 8.21. The Morgan fingerprint density at radius 3 is 2.71 bits per heavy atom. The monoisotopic (exact) mass is 339 g/mol. The summed E-state index contributed by atoms with van der Waals surface area (Å²) in [6.07, 6.45) is 4.20. The van der Waals surface area contributed by atoms with Gasteiger partial charge in [-0.2, -0.15) is 0 Å². The van der Waals surface area contributed by atoms with E-state index in [0.717, 1.165) is 16.3 Å². The summed E-state index contributed by atoms with van der Waals surface area (Å²) in [5.41, 5.74) is 1.99. The minimum absolute atomic E-state index is 0.0180. The van der Waals surface area contributed by atoms with Crippen molar-refractivity contribution >= 4 is 17.2 Å². The molecule has 0 aliphatic heterocycles. The van der Waals surface area contributed by atoms with E-state index in [2.05, 4.69) is 15.3 Å². The lowest BCUT2D eigenvalue weighted by atomic mass is 10.2. The highest BCUT2D eigenvalue weighted by atomic mass is 32.1. The lowest BCUT2D eigenvalue weighted by Crippen LogP contribution is -2.30. The molecule has 3 aromatic rings. The molecule has 3 rings (SSSR count). The molecule has 1 aromatic carbocycles. The van der Waals surface area contributed by atoms with Gasteiger partial charge < -0.3 is 10.1 Å². The molecule has 0 radical (unpaired) electrons. The number of carbonyl (C=O) groups is 1. The number of thiazole rings is 1. The van der Waals surface area contributed by atoms with Crippen molar-refractivity contribution in [1.29, 1.82) is 0 Å². The zero-order chi connectivity index (χ0) is 16.6. The summed E-state index contributed by atoms with van der Waals surface area (Å²) in [5, 5.41) is 5.85. The highest BCUT2D eigenvalue weighted by Gasteiger charge is 2.06. The van der Waals surface area contributed by atoms with Gasteiger partial charge in [0, 0.05) is 36.3 Å². The number of para-hydroxylation sites is 1. The minimum Gasteiger partial charge on any atom is -0.484 e. The van der Waals surface area contributed by atoms with Crippen LogP contribution in [0.5, 0.6) is 5.75 Å². The smallest absolute Gasteiger partial charge is 0.257 e. The van der Waals surface area contributed by atoms with Gasteiger partial charge in [0.1, 0.15) is 5.75 Å². The van der Waals surface area contributed by atoms with Gasteiger partial charge in [-0.1, -0.05) is 18.2 Å². The Labute approximate surface area is 144 Å². The molecular formula is C18H17N3O2S. The molecule has 0 saturated heterocycles. The molecule has 122 valence electrons. The van der Waals surface area contributed by atoms with Crippen LogP contribution in [0.2, 0.25) is 0 Å². The van der Waals surface area contributed by atoms with Crippen LogP contribution in [-0.2, 0) is 11.2 Å². The summed E-state index contributed by atoms with van der Waals surface area (Å²) in [4.78, 5) is 20.4. The van der Waals surface area contributed by atoms with E-state index in [-0.39, 0.29) is 12.5 Å². The Balaban J connectivity index is 1.42. The molecule has 0 spiro atoms. The summed E-state index contributed by atoms with van der Waals surface area (Å²) >= 11 is 1.59. The fraction of sp³-hybridized carbons (Fsp3) is 0.167. The molecule has 0 aliphatic carbocycles. The fourth-order valence-electron chi connectivity index (χ4n) is 2.11. The molecule has 24 heavy (non-hydrogen) atoms. The quantitative estimate of drug-likeness (QED) is 0.719. The molecule has 0 fully saturated rings. The van der Waals surface area contributed by atoms with E-state index in [0.29, 0.717) is 18.7 Å². The third-order valence-electron chi connectivity index (χ3n) is 3.30. The van der Waals surface area contributed by atoms with Crippen LogP contribution < -0.4 is 10.1 Å². The number of hydrogen-bond donors (Lipinski definition) is 1. The third-order valence-corrected chi connectivity index (χ3v) is 4.21. The predicted molar refractivity (Wildman–Crippen MR) is 94.0 cm³/mol. The van der Waals surface area contributed by atoms with Crippen molar-refractivity contribution in [3.8, 4) is 17.0 Å². The number of rotatable bonds is 7. The molecule has 1 amide bonds. The standard InChI is InChI=1S/C18H17N3O2S/c22-17(12-23-15-4-2-1-3-5-15)20-11-8-18-21-16(13-24-18)14-6-9-19-10-7-14/h1-7,9-10,13H,8,11-12H2,(H,20,22). The van der Waals surface area contributed by atoms with E-state index in [1.807, 2.05) is 47.8 Å². The van der Waals surface area contributed by atoms with E-state index in [4.69, 9.17) is 4.74 Å². The van der Waals surface area contributed by atoms with Gasteiger partial charge in [0.05, 0.1) is 10.7 Å². The van der Waals surface area contributed by atoms with Crippen LogP contribution in [0.1, 0.15) is 5.01 Å². The number of benzene rings is 1. The zero-order valence-electron chi connectivity index (χ0n) is 13.0. The Bertz CT molecular complexity index is 775. The number of amides is 1. The molecule has 0 atom stereocenters. The van der Waals surface area contributed by atoms with Crippen molar-refractivity contribution in [2.24, 2.45) is 0 Å². The average molecular weight is 339 g/mol. The van der Waals surface area contributed by atoms with Crippen LogP contribution in [-0.4, -0.2) is 29.0 Å². The Morgan fingerprint density at radius 2 is 1.92 bits per heavy atom. The molecular weight excluding hydrogens is 322 g/mol. The molecule has 2 aromatic heterocycles. The number of pyridine rings is 1. The van der Waals surface area contributed by atoms with Crippen molar-refractivity contribution in [3.63, 3.8) is 0 Å². The van der Waals surface area contributed by atoms with Crippen molar-refractivity contribution in [1.82, 2.24) is 15.3 Å². The lowest BCUT2D eigenvalue weighted by molar-refractivity contribution is -0.123. The highest BCUT2D eigenvalue weighted by Crippen LogP contribution is 2.21. The Hall–Kier alpha value is -2.73. The summed E-state index contributed by atoms with van der Waals surface area (Å²) in [6, 6.07) is 13.2. The Morgan fingerprint density at radius 1 is 1.12 bits per heavy atom. The van der Waals surface area contributed by atoms with Crippen LogP contribution in [0.15, 0.2) is 60.2 Å². The van der Waals surface area contributed by atoms with Gasteiger partial charge in [0.2, 0.25) is 0 Å². The van der Waals surface area contributed by atoms with E-state index in [9.17, 15) is 4.79 Å². The molecule has 1 N–H and O–H groups in total. The third kappa shape index (κ3) is 4.63. The molecule has 5 nitrogen and oxygen atoms in total. The van der Waals surface area contributed by atoms with Crippen LogP contribution in [0.3, 0.4) is 0 Å². The summed E-state index contributed by atoms with van der Waals surface area (Å²) in [6.45, 7) is 0.560. The van der Waals surface area contributed by atoms with Gasteiger partial charge in [0.25, 0.3) is 5.91 Å². The van der Waals surface area contributed by atoms with Gasteiger partial charge >= 0.3 is 0 Å². The van der Waals surface area contributed by atoms with Crippen molar-refractivity contribution in [2.75, 3.05) is 13.2 Å². The lowest BCUT2D eigenvalue weighted by Gasteiger charge is -2.06. The average Bonchev–Trinajstić information content (AvgIpc) is 3.11. The molecule has 0 aliphatic rings. The molecule has 2 heterocycles. The maximum atomic E-state index is 11.8. The van der Waals surface area contributed by atoms with E-state index in [1.165, 1.54) is 0 Å². The first kappa shape index (κ1) is 16.1. The molecule has 0 saturated carbocycles. The zero-order valence-corrected chi connectivity index (χ0v) is 13.8. The van der Waals surface area contributed by atoms with Gasteiger partial charge in [-0.15, -0.1) is 11.3 Å². The topological polar surface area (TPSA) is 64.1 Å². The maximum Gasteiger partial charge on any atom is 0.257 e. The van der Waals surface area contributed by atoms with Crippen molar-refractivity contribution < 1.29 is 9.53 Å². The largest absolute Gasteiger partial charge is 0.484 e. The first-order valence-corrected chi connectivity index (χ1v) is 8.48. The summed E-state index contributed by atoms with van der Waals surface area (Å²) in [7, 11) is 0. The highest BCUT2D eigenvalue weighted by molar-refractivity contribution is 7.09. The number of hydrogen-bond acceptors (Lipinski definition) is 5. The number of nitrogens with one attached hydrogen (secondary N) is 1. The SMILES string of the molecule is O=C(COc1ccccc1)NCCc1nc(-c2ccncc2)cs1. The van der Waals surface area contributed by atoms with Crippen LogP contribution in [0, 0.1) is 0 Å². The number of aromatic nitrogens is 2. The van der Waals surface area contributed by atoms with Gasteiger partial charge in [-0.3, -0.25) is 9.78 Å². The summed E-state index contributed by atoms with van der Waals surface area (Å²) < 4.78 is 5.40. The number of nitrogens with zero attached hydrogens (tertiary/aromatic N) is 2. The van der Waals surface area contributed by atoms with Gasteiger partial charge in [-0.05, 0) is 24.3 Å². The Kier molecular flexibility index (Phi) is 5.52. The first-order valence-electron chi connectivity index (χ1n) is 7.60. The van der Waals surface area contributed by atoms with Crippen LogP contribution >= 0.6 is 11.3 Å². The first-order chi connectivity index (χ1) is 11.8. The fourth-order valence-corrected chi connectivity index (χ4v) is 2.91. The molecule has 6 heteroatoms.